The first-order chi connectivity index (χ1) is 16.0. The van der Waals surface area contributed by atoms with E-state index in [1.165, 1.54) is 17.3 Å². The van der Waals surface area contributed by atoms with E-state index in [2.05, 4.69) is 25.7 Å². The Balaban J connectivity index is 1.51. The van der Waals surface area contributed by atoms with Crippen LogP contribution in [0.2, 0.25) is 0 Å². The van der Waals surface area contributed by atoms with Gasteiger partial charge in [-0.1, -0.05) is 59.3 Å². The number of carbonyl (C=O) groups excluding carboxylic acids is 1. The molecule has 2 aromatic heterocycles. The van der Waals surface area contributed by atoms with Crippen molar-refractivity contribution in [2.24, 2.45) is 5.10 Å². The van der Waals surface area contributed by atoms with Crippen LogP contribution in [-0.2, 0) is 4.79 Å². The van der Waals surface area contributed by atoms with E-state index < -0.39 is 0 Å². The molecule has 0 spiro atoms. The van der Waals surface area contributed by atoms with Crippen molar-refractivity contribution in [3.63, 3.8) is 0 Å². The highest BCUT2D eigenvalue weighted by Crippen LogP contribution is 2.27. The average molecular weight is 457 g/mol. The molecular weight excluding hydrogens is 432 g/mol. The molecule has 0 saturated heterocycles. The number of hydrogen-bond acceptors (Lipinski definition) is 6. The van der Waals surface area contributed by atoms with E-state index in [4.69, 9.17) is 0 Å². The average Bonchev–Trinajstić information content (AvgIpc) is 3.26. The van der Waals surface area contributed by atoms with Crippen LogP contribution in [-0.4, -0.2) is 37.1 Å². The van der Waals surface area contributed by atoms with Gasteiger partial charge >= 0.3 is 0 Å². The van der Waals surface area contributed by atoms with Gasteiger partial charge in [-0.05, 0) is 50.6 Å². The van der Waals surface area contributed by atoms with Crippen molar-refractivity contribution in [3.8, 4) is 17.1 Å². The lowest BCUT2D eigenvalue weighted by molar-refractivity contribution is -0.118. The summed E-state index contributed by atoms with van der Waals surface area (Å²) in [5.41, 5.74) is 8.50. The lowest BCUT2D eigenvalue weighted by atomic mass is 10.1. The number of amides is 1. The highest BCUT2D eigenvalue weighted by atomic mass is 32.2. The molecule has 8 heteroatoms. The van der Waals surface area contributed by atoms with Gasteiger partial charge in [0.2, 0.25) is 0 Å². The first-order valence-electron chi connectivity index (χ1n) is 10.5. The summed E-state index contributed by atoms with van der Waals surface area (Å²) in [5, 5.41) is 13.6. The zero-order valence-electron chi connectivity index (χ0n) is 18.7. The normalized spacial score (nSPS) is 11.4. The fraction of sp³-hybridized carbons (Fsp3) is 0.160. The highest BCUT2D eigenvalue weighted by Gasteiger charge is 2.17. The molecule has 0 aliphatic heterocycles. The first-order valence-corrected chi connectivity index (χ1v) is 11.5. The number of aryl methyl sites for hydroxylation is 2. The van der Waals surface area contributed by atoms with Crippen LogP contribution in [0.3, 0.4) is 0 Å². The van der Waals surface area contributed by atoms with Crippen molar-refractivity contribution < 1.29 is 4.79 Å². The van der Waals surface area contributed by atoms with Gasteiger partial charge < -0.3 is 0 Å². The number of nitrogens with zero attached hydrogens (tertiary/aromatic N) is 5. The van der Waals surface area contributed by atoms with Crippen LogP contribution in [0, 0.1) is 13.8 Å². The molecule has 166 valence electrons. The molecule has 0 bridgehead atoms. The zero-order valence-corrected chi connectivity index (χ0v) is 19.5. The van der Waals surface area contributed by atoms with E-state index in [9.17, 15) is 4.79 Å². The van der Waals surface area contributed by atoms with Gasteiger partial charge in [0.1, 0.15) is 0 Å². The molecule has 1 amide bonds. The molecule has 0 atom stereocenters. The Bertz CT molecular complexity index is 1260. The van der Waals surface area contributed by atoms with Gasteiger partial charge in [0.05, 0.1) is 11.5 Å². The zero-order chi connectivity index (χ0) is 23.2. The van der Waals surface area contributed by atoms with E-state index in [-0.39, 0.29) is 11.7 Å². The number of aromatic nitrogens is 4. The van der Waals surface area contributed by atoms with Gasteiger partial charge in [0.15, 0.2) is 11.0 Å². The molecule has 4 rings (SSSR count). The number of carbonyl (C=O) groups is 1. The second-order valence-electron chi connectivity index (χ2n) is 7.60. The minimum absolute atomic E-state index is 0.158. The van der Waals surface area contributed by atoms with Crippen LogP contribution < -0.4 is 5.43 Å². The summed E-state index contributed by atoms with van der Waals surface area (Å²) in [6.45, 7) is 5.94. The van der Waals surface area contributed by atoms with Crippen LogP contribution in [0.15, 0.2) is 83.3 Å². The Morgan fingerprint density at radius 3 is 2.24 bits per heavy atom. The number of hydrogen-bond donors (Lipinski definition) is 1. The Labute approximate surface area is 197 Å². The van der Waals surface area contributed by atoms with Gasteiger partial charge in [-0.15, -0.1) is 10.2 Å². The molecule has 0 saturated carbocycles. The monoisotopic (exact) mass is 456 g/mol. The minimum atomic E-state index is -0.213. The summed E-state index contributed by atoms with van der Waals surface area (Å²) in [5.74, 6) is 0.637. The molecule has 0 aliphatic carbocycles. The van der Waals surface area contributed by atoms with Crippen molar-refractivity contribution >= 4 is 23.4 Å². The standard InChI is InChI=1S/C25H24N6OS/c1-17-4-8-20(9-5-17)19(3)27-28-23(32)16-33-25-30-29-24(21-12-14-26-15-13-21)31(25)22-10-6-18(2)7-11-22/h4-15H,16H2,1-3H3,(H,28,32)/b27-19-. The Kier molecular flexibility index (Phi) is 6.95. The molecular formula is C25H24N6OS. The van der Waals surface area contributed by atoms with Gasteiger partial charge in [-0.25, -0.2) is 5.43 Å². The Morgan fingerprint density at radius 2 is 1.58 bits per heavy atom. The summed E-state index contributed by atoms with van der Waals surface area (Å²) in [6, 6.07) is 19.9. The summed E-state index contributed by atoms with van der Waals surface area (Å²) < 4.78 is 1.95. The molecule has 0 aliphatic rings. The molecule has 0 fully saturated rings. The molecule has 0 unspecified atom stereocenters. The van der Waals surface area contributed by atoms with E-state index in [1.54, 1.807) is 12.4 Å². The van der Waals surface area contributed by atoms with E-state index >= 15 is 0 Å². The largest absolute Gasteiger partial charge is 0.272 e. The number of nitrogens with one attached hydrogen (secondary N) is 1. The van der Waals surface area contributed by atoms with Crippen molar-refractivity contribution in [2.75, 3.05) is 5.75 Å². The molecule has 2 aromatic carbocycles. The van der Waals surface area contributed by atoms with Gasteiger partial charge in [0.25, 0.3) is 5.91 Å². The lowest BCUT2D eigenvalue weighted by Gasteiger charge is -2.10. The molecule has 1 N–H and O–H groups in total. The van der Waals surface area contributed by atoms with Crippen molar-refractivity contribution in [2.45, 2.75) is 25.9 Å². The van der Waals surface area contributed by atoms with E-state index in [1.807, 2.05) is 86.0 Å². The smallest absolute Gasteiger partial charge is 0.250 e. The van der Waals surface area contributed by atoms with Crippen molar-refractivity contribution in [3.05, 3.63) is 89.7 Å². The lowest BCUT2D eigenvalue weighted by Crippen LogP contribution is -2.21. The van der Waals surface area contributed by atoms with Crippen LogP contribution >= 0.6 is 11.8 Å². The second-order valence-corrected chi connectivity index (χ2v) is 8.54. The van der Waals surface area contributed by atoms with Crippen LogP contribution in [0.5, 0.6) is 0 Å². The Hall–Kier alpha value is -3.78. The highest BCUT2D eigenvalue weighted by molar-refractivity contribution is 7.99. The number of thioether (sulfide) groups is 1. The fourth-order valence-electron chi connectivity index (χ4n) is 3.15. The predicted molar refractivity (Wildman–Crippen MR) is 132 cm³/mol. The number of rotatable bonds is 7. The minimum Gasteiger partial charge on any atom is -0.272 e. The third kappa shape index (κ3) is 5.53. The first kappa shape index (κ1) is 22.4. The molecule has 7 nitrogen and oxygen atoms in total. The van der Waals surface area contributed by atoms with Crippen LogP contribution in [0.1, 0.15) is 23.6 Å². The number of benzene rings is 2. The molecule has 33 heavy (non-hydrogen) atoms. The van der Waals surface area contributed by atoms with Crippen LogP contribution in [0.25, 0.3) is 17.1 Å². The van der Waals surface area contributed by atoms with E-state index in [0.29, 0.717) is 11.0 Å². The summed E-state index contributed by atoms with van der Waals surface area (Å²) in [7, 11) is 0. The SMILES string of the molecule is C/C(=N/NC(=O)CSc1nnc(-c2ccncc2)n1-c1ccc(C)cc1)c1ccc(C)cc1. The number of hydrazone groups is 1. The predicted octanol–water partition coefficient (Wildman–Crippen LogP) is 4.58. The maximum atomic E-state index is 12.5. The summed E-state index contributed by atoms with van der Waals surface area (Å²) in [4.78, 5) is 16.6. The molecule has 4 aromatic rings. The maximum absolute atomic E-state index is 12.5. The molecule has 2 heterocycles. The van der Waals surface area contributed by atoms with Crippen LogP contribution in [0.4, 0.5) is 0 Å². The van der Waals surface area contributed by atoms with Crippen molar-refractivity contribution in [1.29, 1.82) is 0 Å². The number of pyridine rings is 1. The summed E-state index contributed by atoms with van der Waals surface area (Å²) in [6.07, 6.45) is 3.44. The fourth-order valence-corrected chi connectivity index (χ4v) is 3.89. The van der Waals surface area contributed by atoms with E-state index in [0.717, 1.165) is 28.1 Å². The third-order valence-corrected chi connectivity index (χ3v) is 5.94. The van der Waals surface area contributed by atoms with Gasteiger partial charge in [-0.2, -0.15) is 5.10 Å². The topological polar surface area (TPSA) is 85.1 Å². The maximum Gasteiger partial charge on any atom is 0.250 e. The Morgan fingerprint density at radius 1 is 0.939 bits per heavy atom. The van der Waals surface area contributed by atoms with Gasteiger partial charge in [-0.3, -0.25) is 14.3 Å². The quantitative estimate of drug-likeness (QED) is 0.250. The summed E-state index contributed by atoms with van der Waals surface area (Å²) >= 11 is 1.31. The second kappa shape index (κ2) is 10.2. The van der Waals surface area contributed by atoms with Crippen molar-refractivity contribution in [1.82, 2.24) is 25.2 Å². The van der Waals surface area contributed by atoms with Gasteiger partial charge in [0, 0.05) is 23.6 Å². The molecule has 0 radical (unpaired) electrons. The third-order valence-electron chi connectivity index (χ3n) is 5.01.